The van der Waals surface area contributed by atoms with Gasteiger partial charge in [-0.25, -0.2) is 4.79 Å². The number of carbonyl (C=O) groups is 2. The topological polar surface area (TPSA) is 243 Å². The Balaban J connectivity index is 1.58. The summed E-state index contributed by atoms with van der Waals surface area (Å²) >= 11 is 0. The Morgan fingerprint density at radius 3 is 2.42 bits per heavy atom. The molecule has 6 bridgehead atoms. The average Bonchev–Trinajstić information content (AvgIpc) is 3.54. The molecule has 4 aliphatic carbocycles. The Hall–Kier alpha value is -2.75. The van der Waals surface area contributed by atoms with Crippen molar-refractivity contribution in [3.63, 3.8) is 0 Å². The van der Waals surface area contributed by atoms with Gasteiger partial charge in [0.05, 0.1) is 18.4 Å². The number of aliphatic imine (C=N–C) groups is 1. The third-order valence-electron chi connectivity index (χ3n) is 12.1. The molecule has 6 fully saturated rings. The van der Waals surface area contributed by atoms with Crippen LogP contribution in [0, 0.1) is 22.7 Å². The molecule has 238 valence electrons. The van der Waals surface area contributed by atoms with E-state index in [0.717, 1.165) is 0 Å². The standard InChI is InChI=1S/C29H42N4O10/c1-14(2)26(38)20(42-19(35)16-7-6-11-32-16)27(39)22(4)13-25(37)23(26,5)29(27,40)28(43-25)18(15(3)8-10-24(22,28)36)41-17(34)9-12-33-21(30)31/h6-7,11,14-15,18,20,32,36-40H,8-10,12-13H2,1-5H3,(H4,30,31,33)/t15-,18+,20+,22-,23+,24-,25-,26+,27+,28+,29+/m0/s1. The molecule has 6 aliphatic rings. The fraction of sp³-hybridized carbons (Fsp3) is 0.759. The minimum absolute atomic E-state index is 0.0130. The van der Waals surface area contributed by atoms with Crippen LogP contribution in [-0.2, 0) is 19.0 Å². The maximum atomic E-state index is 13.4. The van der Waals surface area contributed by atoms with E-state index in [9.17, 15) is 35.1 Å². The largest absolute Gasteiger partial charge is 0.459 e. The molecule has 14 heteroatoms. The van der Waals surface area contributed by atoms with Gasteiger partial charge >= 0.3 is 11.9 Å². The molecule has 2 aliphatic heterocycles. The van der Waals surface area contributed by atoms with Crippen molar-refractivity contribution in [2.24, 2.45) is 39.1 Å². The molecule has 0 amide bonds. The van der Waals surface area contributed by atoms with Crippen molar-refractivity contribution in [2.75, 3.05) is 6.54 Å². The molecule has 3 heterocycles. The van der Waals surface area contributed by atoms with Gasteiger partial charge in [0.2, 0.25) is 0 Å². The highest BCUT2D eigenvalue weighted by Gasteiger charge is 3.10. The number of nitrogens with one attached hydrogen (secondary N) is 1. The Kier molecular flexibility index (Phi) is 5.98. The van der Waals surface area contributed by atoms with Crippen molar-refractivity contribution in [2.45, 2.75) is 106 Å². The number of hydrogen-bond donors (Lipinski definition) is 8. The van der Waals surface area contributed by atoms with Gasteiger partial charge in [-0.15, -0.1) is 0 Å². The van der Waals surface area contributed by atoms with E-state index in [1.54, 1.807) is 26.8 Å². The van der Waals surface area contributed by atoms with Crippen molar-refractivity contribution in [1.29, 1.82) is 0 Å². The minimum Gasteiger partial charge on any atom is -0.459 e. The van der Waals surface area contributed by atoms with Crippen LogP contribution in [0.5, 0.6) is 0 Å². The zero-order chi connectivity index (χ0) is 31.8. The number of guanidine groups is 1. The number of carbonyl (C=O) groups excluding carboxylic acids is 2. The number of rotatable bonds is 7. The summed E-state index contributed by atoms with van der Waals surface area (Å²) in [4.78, 5) is 33.1. The van der Waals surface area contributed by atoms with E-state index in [1.807, 2.05) is 0 Å². The van der Waals surface area contributed by atoms with Crippen LogP contribution in [-0.4, -0.2) is 101 Å². The highest BCUT2D eigenvalue weighted by molar-refractivity contribution is 5.87. The molecule has 43 heavy (non-hydrogen) atoms. The molecule has 2 saturated heterocycles. The molecule has 0 aromatic carbocycles. The van der Waals surface area contributed by atoms with Crippen LogP contribution in [0.1, 0.15) is 70.8 Å². The molecular formula is C29H42N4O10. The molecule has 4 saturated carbocycles. The number of hydrogen-bond acceptors (Lipinski definition) is 11. The second-order valence-corrected chi connectivity index (χ2v) is 13.9. The molecule has 10 N–H and O–H groups in total. The SMILES string of the molecule is CC(C)[C@@]1(O)[C@@H](OC(=O)c2ccc[nH]2)[C@@]2(O)[C@@]3(C)C[C@]4(O)O[C@@]5([C@H](OC(=O)CCN=C(N)N)[C@@H](C)CC[C@]35O)[C@@]2(O)[C@@]14C. The molecule has 14 nitrogen and oxygen atoms in total. The van der Waals surface area contributed by atoms with Crippen LogP contribution < -0.4 is 11.5 Å². The van der Waals surface area contributed by atoms with E-state index < -0.39 is 87.0 Å². The average molecular weight is 607 g/mol. The monoisotopic (exact) mass is 606 g/mol. The number of aromatic amines is 1. The van der Waals surface area contributed by atoms with Gasteiger partial charge in [-0.3, -0.25) is 9.79 Å². The third-order valence-corrected chi connectivity index (χ3v) is 12.1. The van der Waals surface area contributed by atoms with Crippen molar-refractivity contribution < 1.29 is 49.3 Å². The first kappa shape index (κ1) is 30.3. The van der Waals surface area contributed by atoms with E-state index >= 15 is 0 Å². The van der Waals surface area contributed by atoms with E-state index in [2.05, 4.69) is 9.98 Å². The number of nitrogens with zero attached hydrogens (tertiary/aromatic N) is 1. The van der Waals surface area contributed by atoms with Gasteiger partial charge in [-0.05, 0) is 43.7 Å². The second-order valence-electron chi connectivity index (χ2n) is 13.9. The third kappa shape index (κ3) is 2.77. The predicted molar refractivity (Wildman–Crippen MR) is 148 cm³/mol. The highest BCUT2D eigenvalue weighted by Crippen LogP contribution is 2.90. The minimum atomic E-state index is -2.71. The van der Waals surface area contributed by atoms with E-state index in [1.165, 1.54) is 26.1 Å². The zero-order valence-corrected chi connectivity index (χ0v) is 25.0. The molecule has 11 atom stereocenters. The number of H-pyrrole nitrogens is 1. The summed E-state index contributed by atoms with van der Waals surface area (Å²) in [6.45, 7) is 7.74. The quantitative estimate of drug-likeness (QED) is 0.106. The lowest BCUT2D eigenvalue weighted by Crippen LogP contribution is -2.75. The molecule has 1 aromatic heterocycles. The lowest BCUT2D eigenvalue weighted by molar-refractivity contribution is -0.390. The van der Waals surface area contributed by atoms with Crippen molar-refractivity contribution in [3.05, 3.63) is 24.0 Å². The van der Waals surface area contributed by atoms with Crippen LogP contribution in [0.3, 0.4) is 0 Å². The molecule has 1 spiro atoms. The van der Waals surface area contributed by atoms with Crippen LogP contribution in [0.4, 0.5) is 0 Å². The van der Waals surface area contributed by atoms with Gasteiger partial charge in [0.25, 0.3) is 0 Å². The zero-order valence-electron chi connectivity index (χ0n) is 25.0. The van der Waals surface area contributed by atoms with Crippen LogP contribution in [0.15, 0.2) is 23.3 Å². The maximum Gasteiger partial charge on any atom is 0.355 e. The molecule has 0 radical (unpaired) electrons. The second kappa shape index (κ2) is 8.49. The lowest BCUT2D eigenvalue weighted by Gasteiger charge is -2.61. The summed E-state index contributed by atoms with van der Waals surface area (Å²) in [5.41, 5.74) is -5.28. The van der Waals surface area contributed by atoms with E-state index in [-0.39, 0.29) is 31.0 Å². The molecule has 7 rings (SSSR count). The highest BCUT2D eigenvalue weighted by atomic mass is 16.7. The molecule has 1 aromatic rings. The molecular weight excluding hydrogens is 564 g/mol. The van der Waals surface area contributed by atoms with Crippen LogP contribution in [0.25, 0.3) is 0 Å². The van der Waals surface area contributed by atoms with E-state index in [4.69, 9.17) is 25.7 Å². The Morgan fingerprint density at radius 1 is 1.16 bits per heavy atom. The number of aliphatic hydroxyl groups is 5. The first-order valence-corrected chi connectivity index (χ1v) is 14.7. The lowest BCUT2D eigenvalue weighted by atomic mass is 9.52. The van der Waals surface area contributed by atoms with Gasteiger partial charge in [-0.2, -0.15) is 0 Å². The Morgan fingerprint density at radius 2 is 1.84 bits per heavy atom. The number of esters is 2. The van der Waals surface area contributed by atoms with Crippen molar-refractivity contribution in [1.82, 2.24) is 4.98 Å². The summed E-state index contributed by atoms with van der Waals surface area (Å²) in [5, 5.41) is 64.3. The fourth-order valence-corrected chi connectivity index (χ4v) is 10.2. The van der Waals surface area contributed by atoms with Gasteiger partial charge in [0.1, 0.15) is 34.2 Å². The van der Waals surface area contributed by atoms with Crippen LogP contribution in [0.2, 0.25) is 0 Å². The fourth-order valence-electron chi connectivity index (χ4n) is 10.2. The number of nitrogens with two attached hydrogens (primary N) is 2. The van der Waals surface area contributed by atoms with Crippen molar-refractivity contribution >= 4 is 17.9 Å². The van der Waals surface area contributed by atoms with Crippen molar-refractivity contribution in [3.8, 4) is 0 Å². The first-order chi connectivity index (χ1) is 19.8. The Bertz CT molecular complexity index is 1400. The summed E-state index contributed by atoms with van der Waals surface area (Å²) in [6, 6.07) is 3.02. The van der Waals surface area contributed by atoms with Gasteiger partial charge in [-0.1, -0.05) is 27.7 Å². The van der Waals surface area contributed by atoms with Gasteiger partial charge in [0.15, 0.2) is 23.5 Å². The normalized spacial score (nSPS) is 50.5. The summed E-state index contributed by atoms with van der Waals surface area (Å²) in [7, 11) is 0. The maximum absolute atomic E-state index is 13.4. The van der Waals surface area contributed by atoms with E-state index in [0.29, 0.717) is 6.42 Å². The van der Waals surface area contributed by atoms with Crippen LogP contribution >= 0.6 is 0 Å². The number of ether oxygens (including phenoxy) is 3. The first-order valence-electron chi connectivity index (χ1n) is 14.7. The predicted octanol–water partition coefficient (Wildman–Crippen LogP) is -0.973. The van der Waals surface area contributed by atoms with Gasteiger partial charge < -0.3 is 56.2 Å². The summed E-state index contributed by atoms with van der Waals surface area (Å²) < 4.78 is 18.4. The smallest absolute Gasteiger partial charge is 0.355 e. The summed E-state index contributed by atoms with van der Waals surface area (Å²) in [5.74, 6) is -5.64. The van der Waals surface area contributed by atoms with Gasteiger partial charge in [0, 0.05) is 18.0 Å². The summed E-state index contributed by atoms with van der Waals surface area (Å²) in [6.07, 6.45) is -2.13. The Labute approximate surface area is 248 Å². The number of aromatic nitrogens is 1. The molecule has 0 unspecified atom stereocenters.